The van der Waals surface area contributed by atoms with Crippen LogP contribution in [0.2, 0.25) is 0 Å². The lowest BCUT2D eigenvalue weighted by Gasteiger charge is -2.35. The number of carbonyl (C=O) groups excluding carboxylic acids is 2. The fourth-order valence-corrected chi connectivity index (χ4v) is 2.65. The van der Waals surface area contributed by atoms with Crippen LogP contribution in [0.25, 0.3) is 0 Å². The monoisotopic (exact) mass is 332 g/mol. The molecule has 3 heterocycles. The lowest BCUT2D eigenvalue weighted by Crippen LogP contribution is -2.52. The first kappa shape index (κ1) is 16.2. The summed E-state index contributed by atoms with van der Waals surface area (Å²) in [5.74, 6) is 0.600. The molecule has 128 valence electrons. The smallest absolute Gasteiger partial charge is 0.331 e. The van der Waals surface area contributed by atoms with Gasteiger partial charge < -0.3 is 18.6 Å². The molecule has 1 unspecified atom stereocenters. The Morgan fingerprint density at radius 2 is 2.08 bits per heavy atom. The molecule has 0 fully saturated rings. The van der Waals surface area contributed by atoms with Gasteiger partial charge in [-0.3, -0.25) is 4.79 Å². The van der Waals surface area contributed by atoms with Gasteiger partial charge in [-0.1, -0.05) is 0 Å². The van der Waals surface area contributed by atoms with Crippen molar-refractivity contribution in [2.24, 2.45) is 0 Å². The number of aryl methyl sites for hydroxylation is 1. The largest absolute Gasteiger partial charge is 0.472 e. The molecule has 0 bridgehead atoms. The fourth-order valence-electron chi connectivity index (χ4n) is 2.65. The number of ether oxygens (including phenoxy) is 1. The maximum atomic E-state index is 12.8. The van der Waals surface area contributed by atoms with E-state index in [9.17, 15) is 9.59 Å². The van der Waals surface area contributed by atoms with Crippen LogP contribution >= 0.6 is 0 Å². The Balaban J connectivity index is 1.93. The van der Waals surface area contributed by atoms with Crippen molar-refractivity contribution in [1.29, 1.82) is 0 Å². The van der Waals surface area contributed by atoms with Gasteiger partial charge >= 0.3 is 5.97 Å². The number of rotatable bonds is 2. The van der Waals surface area contributed by atoms with Gasteiger partial charge in [0.2, 0.25) is 0 Å². The second-order valence-electron chi connectivity index (χ2n) is 6.77. The van der Waals surface area contributed by atoms with Crippen molar-refractivity contribution >= 4 is 11.9 Å². The minimum absolute atomic E-state index is 0.189. The first-order valence-corrected chi connectivity index (χ1v) is 7.71. The molecule has 1 aliphatic heterocycles. The molecule has 0 aliphatic carbocycles. The zero-order valence-electron chi connectivity index (χ0n) is 14.1. The maximum Gasteiger partial charge on any atom is 0.331 e. The van der Waals surface area contributed by atoms with E-state index < -0.39 is 17.6 Å². The Kier molecular flexibility index (Phi) is 3.90. The van der Waals surface area contributed by atoms with Crippen LogP contribution < -0.4 is 0 Å². The van der Waals surface area contributed by atoms with Gasteiger partial charge in [-0.2, -0.15) is 0 Å². The van der Waals surface area contributed by atoms with Gasteiger partial charge in [-0.25, -0.2) is 4.79 Å². The van der Waals surface area contributed by atoms with Gasteiger partial charge in [0.05, 0.1) is 24.9 Å². The van der Waals surface area contributed by atoms with E-state index in [0.717, 1.165) is 0 Å². The van der Waals surface area contributed by atoms with Crippen molar-refractivity contribution in [2.45, 2.75) is 52.4 Å². The number of hydrogen-bond donors (Lipinski definition) is 0. The van der Waals surface area contributed by atoms with Gasteiger partial charge in [0.25, 0.3) is 5.91 Å². The lowest BCUT2D eigenvalue weighted by molar-refractivity contribution is -0.162. The normalized spacial score (nSPS) is 17.5. The molecule has 0 spiro atoms. The van der Waals surface area contributed by atoms with Crippen LogP contribution in [0.15, 0.2) is 23.0 Å². The van der Waals surface area contributed by atoms with Crippen LogP contribution in [0.5, 0.6) is 0 Å². The van der Waals surface area contributed by atoms with Gasteiger partial charge in [0.15, 0.2) is 5.82 Å². The number of furan rings is 1. The summed E-state index contributed by atoms with van der Waals surface area (Å²) in [5.41, 5.74) is -0.252. The van der Waals surface area contributed by atoms with E-state index in [-0.39, 0.29) is 19.0 Å². The van der Waals surface area contributed by atoms with Gasteiger partial charge in [-0.05, 0) is 33.8 Å². The summed E-state index contributed by atoms with van der Waals surface area (Å²) in [6.07, 6.45) is 2.78. The standard InChI is InChI=1S/C16H20N4O4/c1-10-17-18-13-8-20(14(21)11-5-6-23-9-11)12(7-19(10)13)15(22)24-16(2,3)4/h5-6,9,12H,7-8H2,1-4H3. The zero-order chi connectivity index (χ0) is 17.5. The highest BCUT2D eigenvalue weighted by Crippen LogP contribution is 2.23. The Bertz CT molecular complexity index is 758. The molecule has 0 aromatic carbocycles. The molecule has 1 atom stereocenters. The van der Waals surface area contributed by atoms with E-state index in [2.05, 4.69) is 10.2 Å². The van der Waals surface area contributed by atoms with Crippen molar-refractivity contribution < 1.29 is 18.7 Å². The SMILES string of the molecule is Cc1nnc2n1CC(C(=O)OC(C)(C)C)N(C(=O)c1ccoc1)C2. The number of amides is 1. The molecule has 0 N–H and O–H groups in total. The molecule has 1 amide bonds. The first-order chi connectivity index (χ1) is 11.3. The van der Waals surface area contributed by atoms with Crippen molar-refractivity contribution in [3.05, 3.63) is 35.8 Å². The lowest BCUT2D eigenvalue weighted by atomic mass is 10.1. The molecule has 0 saturated heterocycles. The minimum Gasteiger partial charge on any atom is -0.472 e. The van der Waals surface area contributed by atoms with Gasteiger partial charge in [0.1, 0.15) is 23.7 Å². The molecular weight excluding hydrogens is 312 g/mol. The number of nitrogens with zero attached hydrogens (tertiary/aromatic N) is 4. The summed E-state index contributed by atoms with van der Waals surface area (Å²) in [6.45, 7) is 7.67. The van der Waals surface area contributed by atoms with Crippen LogP contribution in [-0.2, 0) is 22.6 Å². The summed E-state index contributed by atoms with van der Waals surface area (Å²) in [6, 6.07) is 0.827. The minimum atomic E-state index is -0.742. The molecular formula is C16H20N4O4. The quantitative estimate of drug-likeness (QED) is 0.775. The van der Waals surface area contributed by atoms with E-state index >= 15 is 0 Å². The number of aromatic nitrogens is 3. The van der Waals surface area contributed by atoms with Gasteiger partial charge in [0, 0.05) is 0 Å². The second kappa shape index (κ2) is 5.77. The van der Waals surface area contributed by atoms with Crippen molar-refractivity contribution in [3.8, 4) is 0 Å². The third-order valence-electron chi connectivity index (χ3n) is 3.76. The van der Waals surface area contributed by atoms with E-state index in [1.165, 1.54) is 17.4 Å². The Labute approximate surface area is 139 Å². The molecule has 0 saturated carbocycles. The van der Waals surface area contributed by atoms with E-state index in [0.29, 0.717) is 17.2 Å². The predicted octanol–water partition coefficient (Wildman–Crippen LogP) is 1.55. The number of fused-ring (bicyclic) bond motifs is 1. The Morgan fingerprint density at radius 1 is 1.33 bits per heavy atom. The van der Waals surface area contributed by atoms with Crippen molar-refractivity contribution in [3.63, 3.8) is 0 Å². The molecule has 8 nitrogen and oxygen atoms in total. The average molecular weight is 332 g/mol. The van der Waals surface area contributed by atoms with Crippen molar-refractivity contribution in [1.82, 2.24) is 19.7 Å². The summed E-state index contributed by atoms with van der Waals surface area (Å²) in [4.78, 5) is 26.9. The van der Waals surface area contributed by atoms with E-state index in [1.54, 1.807) is 26.8 Å². The molecule has 8 heteroatoms. The summed E-state index contributed by atoms with van der Waals surface area (Å²) < 4.78 is 12.3. The Morgan fingerprint density at radius 3 is 2.71 bits per heavy atom. The molecule has 2 aromatic rings. The summed E-state index contributed by atoms with van der Waals surface area (Å²) in [7, 11) is 0. The fraction of sp³-hybridized carbons (Fsp3) is 0.500. The first-order valence-electron chi connectivity index (χ1n) is 7.71. The summed E-state index contributed by atoms with van der Waals surface area (Å²) in [5, 5.41) is 8.11. The molecule has 0 radical (unpaired) electrons. The highest BCUT2D eigenvalue weighted by atomic mass is 16.6. The van der Waals surface area contributed by atoms with Crippen LogP contribution in [0.3, 0.4) is 0 Å². The third kappa shape index (κ3) is 3.04. The predicted molar refractivity (Wildman–Crippen MR) is 83.0 cm³/mol. The third-order valence-corrected chi connectivity index (χ3v) is 3.76. The van der Waals surface area contributed by atoms with Gasteiger partial charge in [-0.15, -0.1) is 10.2 Å². The topological polar surface area (TPSA) is 90.5 Å². The second-order valence-corrected chi connectivity index (χ2v) is 6.77. The molecule has 24 heavy (non-hydrogen) atoms. The summed E-state index contributed by atoms with van der Waals surface area (Å²) >= 11 is 0. The van der Waals surface area contributed by atoms with Crippen LogP contribution in [0, 0.1) is 6.92 Å². The molecule has 2 aromatic heterocycles. The van der Waals surface area contributed by atoms with Crippen LogP contribution in [0.4, 0.5) is 0 Å². The molecule has 1 aliphatic rings. The maximum absolute atomic E-state index is 12.8. The van der Waals surface area contributed by atoms with Crippen molar-refractivity contribution in [2.75, 3.05) is 0 Å². The number of carbonyl (C=O) groups is 2. The number of esters is 1. The highest BCUT2D eigenvalue weighted by molar-refractivity contribution is 5.96. The zero-order valence-corrected chi connectivity index (χ0v) is 14.1. The number of hydrogen-bond acceptors (Lipinski definition) is 6. The van der Waals surface area contributed by atoms with E-state index in [1.807, 2.05) is 11.5 Å². The average Bonchev–Trinajstić information content (AvgIpc) is 3.14. The van der Waals surface area contributed by atoms with E-state index in [4.69, 9.17) is 9.15 Å². The van der Waals surface area contributed by atoms with Crippen LogP contribution in [-0.4, -0.2) is 43.2 Å². The Hall–Kier alpha value is -2.64. The molecule has 3 rings (SSSR count). The van der Waals surface area contributed by atoms with Crippen LogP contribution in [0.1, 0.15) is 42.8 Å². The highest BCUT2D eigenvalue weighted by Gasteiger charge is 2.39.